The van der Waals surface area contributed by atoms with Crippen molar-refractivity contribution in [1.29, 1.82) is 0 Å². The molecule has 6 nitrogen and oxygen atoms in total. The van der Waals surface area contributed by atoms with Gasteiger partial charge in [-0.15, -0.1) is 0 Å². The molecule has 1 aliphatic heterocycles. The Morgan fingerprint density at radius 1 is 1.07 bits per heavy atom. The van der Waals surface area contributed by atoms with Gasteiger partial charge in [0, 0.05) is 30.4 Å². The molecular formula is C22H28N2O4S. The number of piperidine rings is 1. The standard InChI is InChI=1S/C22H28N2O4S/c1-16(2)28-19-9-7-8-18(14-19)23-22(25)21-15-20(11-10-17(21)3)29(26,27)24-12-5-4-6-13-24/h7-11,14-16H,4-6,12-13H2,1-3H3,(H,23,25). The molecule has 7 heteroatoms. The van der Waals surface area contributed by atoms with Crippen LogP contribution in [-0.2, 0) is 10.0 Å². The van der Waals surface area contributed by atoms with E-state index in [0.717, 1.165) is 24.8 Å². The highest BCUT2D eigenvalue weighted by Crippen LogP contribution is 2.24. The molecule has 156 valence electrons. The van der Waals surface area contributed by atoms with Crippen molar-refractivity contribution in [2.75, 3.05) is 18.4 Å². The van der Waals surface area contributed by atoms with Crippen LogP contribution in [0.25, 0.3) is 0 Å². The molecule has 0 bridgehead atoms. The number of carbonyl (C=O) groups excluding carboxylic acids is 1. The molecule has 2 aromatic rings. The number of nitrogens with one attached hydrogen (secondary N) is 1. The molecule has 0 unspecified atom stereocenters. The molecule has 0 aliphatic carbocycles. The van der Waals surface area contributed by atoms with Gasteiger partial charge in [-0.05, 0) is 63.4 Å². The Morgan fingerprint density at radius 3 is 2.48 bits per heavy atom. The van der Waals surface area contributed by atoms with E-state index in [2.05, 4.69) is 5.32 Å². The molecule has 0 radical (unpaired) electrons. The number of ether oxygens (including phenoxy) is 1. The fraction of sp³-hybridized carbons (Fsp3) is 0.409. The number of nitrogens with zero attached hydrogens (tertiary/aromatic N) is 1. The Kier molecular flexibility index (Phi) is 6.59. The number of aryl methyl sites for hydroxylation is 1. The van der Waals surface area contributed by atoms with Crippen LogP contribution in [0.4, 0.5) is 5.69 Å². The van der Waals surface area contributed by atoms with E-state index in [0.29, 0.717) is 30.1 Å². The van der Waals surface area contributed by atoms with Gasteiger partial charge in [-0.1, -0.05) is 18.6 Å². The van der Waals surface area contributed by atoms with E-state index in [1.807, 2.05) is 19.9 Å². The summed E-state index contributed by atoms with van der Waals surface area (Å²) >= 11 is 0. The van der Waals surface area contributed by atoms with E-state index in [4.69, 9.17) is 4.74 Å². The average Bonchev–Trinajstić information content (AvgIpc) is 2.68. The summed E-state index contributed by atoms with van der Waals surface area (Å²) in [6.45, 7) is 6.72. The lowest BCUT2D eigenvalue weighted by Gasteiger charge is -2.26. The van der Waals surface area contributed by atoms with E-state index < -0.39 is 10.0 Å². The molecule has 2 aromatic carbocycles. The zero-order valence-electron chi connectivity index (χ0n) is 17.1. The number of benzene rings is 2. The van der Waals surface area contributed by atoms with Crippen LogP contribution in [0.15, 0.2) is 47.4 Å². The van der Waals surface area contributed by atoms with Crippen LogP contribution in [0.2, 0.25) is 0 Å². The number of anilines is 1. The van der Waals surface area contributed by atoms with E-state index >= 15 is 0 Å². The van der Waals surface area contributed by atoms with Crippen LogP contribution < -0.4 is 10.1 Å². The minimum Gasteiger partial charge on any atom is -0.491 e. The highest BCUT2D eigenvalue weighted by Gasteiger charge is 2.27. The summed E-state index contributed by atoms with van der Waals surface area (Å²) in [6, 6.07) is 11.9. The number of hydrogen-bond acceptors (Lipinski definition) is 4. The minimum absolute atomic E-state index is 0.0277. The van der Waals surface area contributed by atoms with Gasteiger partial charge >= 0.3 is 0 Å². The van der Waals surface area contributed by atoms with E-state index in [1.165, 1.54) is 10.4 Å². The van der Waals surface area contributed by atoms with Gasteiger partial charge in [0.1, 0.15) is 5.75 Å². The zero-order chi connectivity index (χ0) is 21.0. The third kappa shape index (κ3) is 5.16. The fourth-order valence-corrected chi connectivity index (χ4v) is 4.92. The lowest BCUT2D eigenvalue weighted by Crippen LogP contribution is -2.35. The van der Waals surface area contributed by atoms with Crippen molar-refractivity contribution in [3.8, 4) is 5.75 Å². The molecule has 3 rings (SSSR count). The summed E-state index contributed by atoms with van der Waals surface area (Å²) in [5.74, 6) is 0.316. The zero-order valence-corrected chi connectivity index (χ0v) is 18.0. The minimum atomic E-state index is -3.59. The largest absolute Gasteiger partial charge is 0.491 e. The highest BCUT2D eigenvalue weighted by molar-refractivity contribution is 7.89. The topological polar surface area (TPSA) is 75.7 Å². The molecule has 1 N–H and O–H groups in total. The lowest BCUT2D eigenvalue weighted by atomic mass is 10.1. The van der Waals surface area contributed by atoms with Crippen molar-refractivity contribution in [2.45, 2.75) is 51.0 Å². The average molecular weight is 417 g/mol. The first-order valence-electron chi connectivity index (χ1n) is 9.96. The van der Waals surface area contributed by atoms with Gasteiger partial charge in [0.15, 0.2) is 0 Å². The molecule has 1 amide bonds. The van der Waals surface area contributed by atoms with Gasteiger partial charge in [-0.25, -0.2) is 8.42 Å². The second-order valence-corrected chi connectivity index (χ2v) is 9.53. The van der Waals surface area contributed by atoms with Gasteiger partial charge in [0.25, 0.3) is 5.91 Å². The molecule has 1 aliphatic rings. The summed E-state index contributed by atoms with van der Waals surface area (Å²) in [5.41, 5.74) is 1.66. The number of sulfonamides is 1. The van der Waals surface area contributed by atoms with Crippen LogP contribution >= 0.6 is 0 Å². The Labute approximate surface area is 172 Å². The maximum Gasteiger partial charge on any atom is 0.255 e. The van der Waals surface area contributed by atoms with Gasteiger partial charge in [0.2, 0.25) is 10.0 Å². The van der Waals surface area contributed by atoms with Crippen molar-refractivity contribution in [3.05, 3.63) is 53.6 Å². The Bertz CT molecular complexity index is 980. The van der Waals surface area contributed by atoms with Gasteiger partial charge in [0.05, 0.1) is 11.0 Å². The molecule has 1 heterocycles. The maximum absolute atomic E-state index is 13.0. The van der Waals surface area contributed by atoms with Crippen LogP contribution in [0.3, 0.4) is 0 Å². The van der Waals surface area contributed by atoms with Crippen LogP contribution in [-0.4, -0.2) is 37.8 Å². The summed E-state index contributed by atoms with van der Waals surface area (Å²) < 4.78 is 33.1. The maximum atomic E-state index is 13.0. The second kappa shape index (κ2) is 8.97. The summed E-state index contributed by atoms with van der Waals surface area (Å²) in [5, 5.41) is 2.84. The van der Waals surface area contributed by atoms with Gasteiger partial charge in [-0.3, -0.25) is 4.79 Å². The van der Waals surface area contributed by atoms with Crippen LogP contribution in [0, 0.1) is 6.92 Å². The smallest absolute Gasteiger partial charge is 0.255 e. The molecule has 0 aromatic heterocycles. The van der Waals surface area contributed by atoms with E-state index in [9.17, 15) is 13.2 Å². The summed E-state index contributed by atoms with van der Waals surface area (Å²) in [7, 11) is -3.59. The Morgan fingerprint density at radius 2 is 1.79 bits per heavy atom. The van der Waals surface area contributed by atoms with E-state index in [1.54, 1.807) is 37.3 Å². The van der Waals surface area contributed by atoms with Crippen molar-refractivity contribution < 1.29 is 17.9 Å². The SMILES string of the molecule is Cc1ccc(S(=O)(=O)N2CCCCC2)cc1C(=O)Nc1cccc(OC(C)C)c1. The first-order chi connectivity index (χ1) is 13.8. The quantitative estimate of drug-likeness (QED) is 0.765. The monoisotopic (exact) mass is 416 g/mol. The summed E-state index contributed by atoms with van der Waals surface area (Å²) in [4.78, 5) is 13.0. The van der Waals surface area contributed by atoms with E-state index in [-0.39, 0.29) is 16.9 Å². The number of hydrogen-bond donors (Lipinski definition) is 1. The molecule has 0 spiro atoms. The Hall–Kier alpha value is -2.38. The molecule has 1 saturated heterocycles. The predicted octanol–water partition coefficient (Wildman–Crippen LogP) is 4.21. The second-order valence-electron chi connectivity index (χ2n) is 7.59. The van der Waals surface area contributed by atoms with Crippen molar-refractivity contribution in [3.63, 3.8) is 0 Å². The molecule has 1 fully saturated rings. The third-order valence-electron chi connectivity index (χ3n) is 4.87. The molecule has 29 heavy (non-hydrogen) atoms. The third-order valence-corrected chi connectivity index (χ3v) is 6.76. The van der Waals surface area contributed by atoms with Crippen molar-refractivity contribution in [1.82, 2.24) is 4.31 Å². The van der Waals surface area contributed by atoms with Crippen molar-refractivity contribution in [2.24, 2.45) is 0 Å². The van der Waals surface area contributed by atoms with Crippen molar-refractivity contribution >= 4 is 21.6 Å². The predicted molar refractivity (Wildman–Crippen MR) is 114 cm³/mol. The molecule has 0 saturated carbocycles. The lowest BCUT2D eigenvalue weighted by molar-refractivity contribution is 0.102. The van der Waals surface area contributed by atoms with Gasteiger partial charge in [-0.2, -0.15) is 4.31 Å². The van der Waals surface area contributed by atoms with Gasteiger partial charge < -0.3 is 10.1 Å². The first kappa shape index (κ1) is 21.3. The summed E-state index contributed by atoms with van der Waals surface area (Å²) in [6.07, 6.45) is 2.81. The molecule has 0 atom stereocenters. The molecular weight excluding hydrogens is 388 g/mol. The number of amides is 1. The number of carbonyl (C=O) groups is 1. The number of rotatable bonds is 6. The van der Waals surface area contributed by atoms with Crippen LogP contribution in [0.5, 0.6) is 5.75 Å². The fourth-order valence-electron chi connectivity index (χ4n) is 3.38. The normalized spacial score (nSPS) is 15.3. The highest BCUT2D eigenvalue weighted by atomic mass is 32.2. The van der Waals surface area contributed by atoms with Crippen LogP contribution in [0.1, 0.15) is 49.0 Å². The Balaban J connectivity index is 1.83. The first-order valence-corrected chi connectivity index (χ1v) is 11.4.